The minimum absolute atomic E-state index is 0.251. The summed E-state index contributed by atoms with van der Waals surface area (Å²) in [5, 5.41) is 2.00. The lowest BCUT2D eigenvalue weighted by atomic mass is 10.0. The van der Waals surface area contributed by atoms with Gasteiger partial charge in [-0.25, -0.2) is 4.39 Å². The minimum Gasteiger partial charge on any atom is -0.324 e. The summed E-state index contributed by atoms with van der Waals surface area (Å²) in [6, 6.07) is 8.60. The number of benzene rings is 1. The van der Waals surface area contributed by atoms with Crippen LogP contribution < -0.4 is 5.73 Å². The van der Waals surface area contributed by atoms with Gasteiger partial charge in [-0.1, -0.05) is 28.1 Å². The first-order chi connectivity index (χ1) is 7.68. The van der Waals surface area contributed by atoms with E-state index in [1.807, 2.05) is 23.6 Å². The zero-order valence-corrected chi connectivity index (χ0v) is 10.9. The van der Waals surface area contributed by atoms with Gasteiger partial charge in [0.25, 0.3) is 0 Å². The fourth-order valence-corrected chi connectivity index (χ4v) is 3.01. The van der Waals surface area contributed by atoms with Crippen molar-refractivity contribution in [2.24, 2.45) is 5.73 Å². The molecular weight excluding hydrogens is 289 g/mol. The first-order valence-electron chi connectivity index (χ1n) is 4.90. The van der Waals surface area contributed by atoms with E-state index in [1.54, 1.807) is 17.4 Å². The second-order valence-corrected chi connectivity index (χ2v) is 5.41. The van der Waals surface area contributed by atoms with Crippen molar-refractivity contribution < 1.29 is 4.39 Å². The maximum Gasteiger partial charge on any atom is 0.129 e. The van der Waals surface area contributed by atoms with Crippen molar-refractivity contribution in [3.63, 3.8) is 0 Å². The van der Waals surface area contributed by atoms with Crippen LogP contribution in [0.5, 0.6) is 0 Å². The molecule has 84 valence electrons. The van der Waals surface area contributed by atoms with E-state index in [4.69, 9.17) is 5.73 Å². The Labute approximate surface area is 106 Å². The predicted molar refractivity (Wildman–Crippen MR) is 69.1 cm³/mol. The molecule has 1 nitrogen and oxygen atoms in total. The molecule has 0 aliphatic rings. The normalized spacial score (nSPS) is 12.7. The third-order valence-electron chi connectivity index (χ3n) is 2.37. The molecule has 16 heavy (non-hydrogen) atoms. The molecule has 1 aromatic carbocycles. The van der Waals surface area contributed by atoms with Crippen LogP contribution in [0.4, 0.5) is 4.39 Å². The number of hydrogen-bond acceptors (Lipinski definition) is 2. The number of rotatable bonds is 3. The Morgan fingerprint density at radius 3 is 2.75 bits per heavy atom. The molecule has 0 amide bonds. The molecule has 0 bridgehead atoms. The van der Waals surface area contributed by atoms with Crippen molar-refractivity contribution >= 4 is 27.3 Å². The van der Waals surface area contributed by atoms with E-state index in [9.17, 15) is 4.39 Å². The molecule has 2 N–H and O–H groups in total. The van der Waals surface area contributed by atoms with Crippen LogP contribution in [-0.4, -0.2) is 0 Å². The van der Waals surface area contributed by atoms with Crippen LogP contribution in [0.15, 0.2) is 40.2 Å². The van der Waals surface area contributed by atoms with Crippen LogP contribution in [0, 0.1) is 5.82 Å². The van der Waals surface area contributed by atoms with Gasteiger partial charge in [0, 0.05) is 27.4 Å². The SMILES string of the molecule is NC(Cc1cccs1)c1c(F)cccc1Br. The van der Waals surface area contributed by atoms with Crippen molar-refractivity contribution in [2.45, 2.75) is 12.5 Å². The van der Waals surface area contributed by atoms with E-state index in [0.717, 1.165) is 4.47 Å². The van der Waals surface area contributed by atoms with Gasteiger partial charge in [0.2, 0.25) is 0 Å². The molecule has 1 atom stereocenters. The van der Waals surface area contributed by atoms with Gasteiger partial charge in [-0.15, -0.1) is 11.3 Å². The Morgan fingerprint density at radius 1 is 1.31 bits per heavy atom. The van der Waals surface area contributed by atoms with Crippen molar-refractivity contribution in [3.05, 3.63) is 56.4 Å². The van der Waals surface area contributed by atoms with E-state index in [0.29, 0.717) is 12.0 Å². The second-order valence-electron chi connectivity index (χ2n) is 3.53. The summed E-state index contributed by atoms with van der Waals surface area (Å²) < 4.78 is 14.4. The van der Waals surface area contributed by atoms with Crippen LogP contribution >= 0.6 is 27.3 Å². The maximum atomic E-state index is 13.6. The summed E-state index contributed by atoms with van der Waals surface area (Å²) in [5.74, 6) is -0.251. The van der Waals surface area contributed by atoms with Gasteiger partial charge >= 0.3 is 0 Å². The zero-order chi connectivity index (χ0) is 11.5. The molecular formula is C12H11BrFNS. The lowest BCUT2D eigenvalue weighted by Crippen LogP contribution is -2.15. The summed E-state index contributed by atoms with van der Waals surface area (Å²) in [5.41, 5.74) is 6.58. The van der Waals surface area contributed by atoms with E-state index in [2.05, 4.69) is 15.9 Å². The molecule has 1 unspecified atom stereocenters. The fraction of sp³-hybridized carbons (Fsp3) is 0.167. The van der Waals surface area contributed by atoms with Gasteiger partial charge in [-0.2, -0.15) is 0 Å². The molecule has 0 saturated carbocycles. The fourth-order valence-electron chi connectivity index (χ4n) is 1.61. The van der Waals surface area contributed by atoms with Crippen LogP contribution in [0.25, 0.3) is 0 Å². The molecule has 0 saturated heterocycles. The lowest BCUT2D eigenvalue weighted by Gasteiger charge is -2.13. The number of nitrogens with two attached hydrogens (primary N) is 1. The molecule has 0 spiro atoms. The molecule has 2 aromatic rings. The Hall–Kier alpha value is -0.710. The first-order valence-corrected chi connectivity index (χ1v) is 6.57. The number of hydrogen-bond donors (Lipinski definition) is 1. The van der Waals surface area contributed by atoms with Gasteiger partial charge in [0.05, 0.1) is 0 Å². The lowest BCUT2D eigenvalue weighted by molar-refractivity contribution is 0.579. The van der Waals surface area contributed by atoms with Crippen molar-refractivity contribution in [1.82, 2.24) is 0 Å². The van der Waals surface area contributed by atoms with Gasteiger partial charge in [-0.05, 0) is 23.6 Å². The van der Waals surface area contributed by atoms with Crippen LogP contribution in [0.1, 0.15) is 16.5 Å². The van der Waals surface area contributed by atoms with Gasteiger partial charge in [0.15, 0.2) is 0 Å². The van der Waals surface area contributed by atoms with Gasteiger partial charge in [-0.3, -0.25) is 0 Å². The third kappa shape index (κ3) is 2.51. The standard InChI is InChI=1S/C12H11BrFNS/c13-9-4-1-5-10(14)12(9)11(15)7-8-3-2-6-16-8/h1-6,11H,7,15H2. The smallest absolute Gasteiger partial charge is 0.129 e. The molecule has 1 aromatic heterocycles. The minimum atomic E-state index is -0.311. The van der Waals surface area contributed by atoms with Crippen LogP contribution in [-0.2, 0) is 6.42 Å². The monoisotopic (exact) mass is 299 g/mol. The number of halogens is 2. The third-order valence-corrected chi connectivity index (χ3v) is 3.96. The topological polar surface area (TPSA) is 26.0 Å². The first kappa shape index (κ1) is 11.8. The average Bonchev–Trinajstić information content (AvgIpc) is 2.70. The van der Waals surface area contributed by atoms with Crippen molar-refractivity contribution in [1.29, 1.82) is 0 Å². The molecule has 0 radical (unpaired) electrons. The van der Waals surface area contributed by atoms with Gasteiger partial charge < -0.3 is 5.73 Å². The summed E-state index contributed by atoms with van der Waals surface area (Å²) in [4.78, 5) is 1.17. The summed E-state index contributed by atoms with van der Waals surface area (Å²) in [7, 11) is 0. The highest BCUT2D eigenvalue weighted by Gasteiger charge is 2.15. The Morgan fingerprint density at radius 2 is 2.12 bits per heavy atom. The molecule has 2 rings (SSSR count). The summed E-state index contributed by atoms with van der Waals surface area (Å²) in [6.45, 7) is 0. The quantitative estimate of drug-likeness (QED) is 0.914. The summed E-state index contributed by atoms with van der Waals surface area (Å²) in [6.07, 6.45) is 0.664. The van der Waals surface area contributed by atoms with Crippen molar-refractivity contribution in [3.8, 4) is 0 Å². The maximum absolute atomic E-state index is 13.6. The molecule has 0 aliphatic heterocycles. The van der Waals surface area contributed by atoms with Crippen LogP contribution in [0.2, 0.25) is 0 Å². The highest BCUT2D eigenvalue weighted by atomic mass is 79.9. The Kier molecular flexibility index (Phi) is 3.74. The molecule has 0 fully saturated rings. The van der Waals surface area contributed by atoms with E-state index >= 15 is 0 Å². The molecule has 0 aliphatic carbocycles. The summed E-state index contributed by atoms with van der Waals surface area (Å²) >= 11 is 4.98. The highest BCUT2D eigenvalue weighted by Crippen LogP contribution is 2.28. The molecule has 4 heteroatoms. The predicted octanol–water partition coefficient (Wildman–Crippen LogP) is 3.89. The van der Waals surface area contributed by atoms with E-state index < -0.39 is 0 Å². The van der Waals surface area contributed by atoms with Crippen molar-refractivity contribution in [2.75, 3.05) is 0 Å². The largest absolute Gasteiger partial charge is 0.324 e. The molecule has 1 heterocycles. The second kappa shape index (κ2) is 5.08. The van der Waals surface area contributed by atoms with Gasteiger partial charge in [0.1, 0.15) is 5.82 Å². The van der Waals surface area contributed by atoms with E-state index in [1.165, 1.54) is 10.9 Å². The average molecular weight is 300 g/mol. The highest BCUT2D eigenvalue weighted by molar-refractivity contribution is 9.10. The van der Waals surface area contributed by atoms with Crippen LogP contribution in [0.3, 0.4) is 0 Å². The Bertz CT molecular complexity index is 450. The number of thiophene rings is 1. The zero-order valence-electron chi connectivity index (χ0n) is 8.49. The Balaban J connectivity index is 2.24. The van der Waals surface area contributed by atoms with E-state index in [-0.39, 0.29) is 11.9 Å².